The first-order chi connectivity index (χ1) is 12.3. The van der Waals surface area contributed by atoms with Crippen molar-refractivity contribution in [2.45, 2.75) is 13.0 Å². The van der Waals surface area contributed by atoms with Gasteiger partial charge in [-0.15, -0.1) is 0 Å². The highest BCUT2D eigenvalue weighted by atomic mass is 16.2. The Balaban J connectivity index is 1.86. The lowest BCUT2D eigenvalue weighted by Gasteiger charge is -2.30. The fourth-order valence-corrected chi connectivity index (χ4v) is 3.36. The largest absolute Gasteiger partial charge is 0.406 e. The standard InChI is InChI=1S/C17H16N6O3/c1-9-8-22-12-14(20(2)17(26)21(3)15(12)25)19-16(22)23(9)11-6-4-10(5-7-11)13(18)24/h4-8,12H,1-3H3,(H-,18,24)/p+1. The topological polar surface area (TPSA) is 105 Å². The lowest BCUT2D eigenvalue weighted by Crippen LogP contribution is -2.61. The minimum atomic E-state index is -0.664. The van der Waals surface area contributed by atoms with Gasteiger partial charge in [0.2, 0.25) is 17.8 Å². The number of imide groups is 1. The summed E-state index contributed by atoms with van der Waals surface area (Å²) in [5.74, 6) is 0.116. The van der Waals surface area contributed by atoms with E-state index in [9.17, 15) is 14.4 Å². The number of likely N-dealkylation sites (N-methyl/N-ethyl adjacent to an activating group) is 2. The second kappa shape index (κ2) is 5.25. The number of aryl methyl sites for hydroxylation is 1. The molecule has 132 valence electrons. The molecule has 9 heteroatoms. The van der Waals surface area contributed by atoms with Gasteiger partial charge in [-0.2, -0.15) is 4.57 Å². The van der Waals surface area contributed by atoms with Gasteiger partial charge in [0, 0.05) is 19.7 Å². The van der Waals surface area contributed by atoms with Gasteiger partial charge < -0.3 is 5.73 Å². The number of fused-ring (bicyclic) bond motifs is 3. The van der Waals surface area contributed by atoms with E-state index in [1.54, 1.807) is 35.9 Å². The van der Waals surface area contributed by atoms with Gasteiger partial charge in [-0.1, -0.05) is 4.99 Å². The zero-order valence-corrected chi connectivity index (χ0v) is 14.5. The summed E-state index contributed by atoms with van der Waals surface area (Å²) in [7, 11) is 3.06. The van der Waals surface area contributed by atoms with Crippen LogP contribution in [0.15, 0.2) is 35.5 Å². The number of aromatic nitrogens is 2. The van der Waals surface area contributed by atoms with Crippen LogP contribution in [0.3, 0.4) is 0 Å². The normalized spacial score (nSPS) is 18.7. The quantitative estimate of drug-likeness (QED) is 0.784. The monoisotopic (exact) mass is 353 g/mol. The number of amides is 4. The number of primary amides is 1. The fraction of sp³-hybridized carbons (Fsp3) is 0.235. The Morgan fingerprint density at radius 2 is 1.81 bits per heavy atom. The summed E-state index contributed by atoms with van der Waals surface area (Å²) in [4.78, 5) is 43.1. The van der Waals surface area contributed by atoms with E-state index in [0.717, 1.165) is 16.3 Å². The van der Waals surface area contributed by atoms with Gasteiger partial charge in [-0.3, -0.25) is 19.4 Å². The Morgan fingerprint density at radius 1 is 1.15 bits per heavy atom. The summed E-state index contributed by atoms with van der Waals surface area (Å²) in [5, 5.41) is 0. The Labute approximate surface area is 148 Å². The zero-order valence-electron chi connectivity index (χ0n) is 14.5. The highest BCUT2D eigenvalue weighted by molar-refractivity contribution is 6.18. The maximum absolute atomic E-state index is 12.6. The lowest BCUT2D eigenvalue weighted by molar-refractivity contribution is -0.676. The van der Waals surface area contributed by atoms with E-state index in [4.69, 9.17) is 5.73 Å². The second-order valence-corrected chi connectivity index (χ2v) is 6.34. The molecular weight excluding hydrogens is 336 g/mol. The first-order valence-corrected chi connectivity index (χ1v) is 7.99. The number of benzene rings is 1. The van der Waals surface area contributed by atoms with E-state index < -0.39 is 18.0 Å². The molecule has 1 saturated heterocycles. The van der Waals surface area contributed by atoms with Crippen LogP contribution in [0.2, 0.25) is 0 Å². The molecule has 0 radical (unpaired) electrons. The van der Waals surface area contributed by atoms with Gasteiger partial charge >= 0.3 is 12.0 Å². The summed E-state index contributed by atoms with van der Waals surface area (Å²) in [6.07, 6.45) is 1.83. The number of imidazole rings is 1. The average molecular weight is 353 g/mol. The van der Waals surface area contributed by atoms with E-state index in [-0.39, 0.29) is 5.91 Å². The molecule has 1 aromatic carbocycles. The van der Waals surface area contributed by atoms with Crippen LogP contribution in [0.4, 0.5) is 10.7 Å². The number of nitrogens with zero attached hydrogens (tertiary/aromatic N) is 5. The van der Waals surface area contributed by atoms with E-state index >= 15 is 0 Å². The molecule has 1 fully saturated rings. The molecule has 1 atom stereocenters. The Bertz CT molecular complexity index is 1000. The summed E-state index contributed by atoms with van der Waals surface area (Å²) in [6, 6.07) is 5.72. The number of carbonyl (C=O) groups is 3. The predicted molar refractivity (Wildman–Crippen MR) is 91.3 cm³/mol. The molecule has 0 aliphatic carbocycles. The SMILES string of the molecule is Cc1c[n+]2c(n1-c1ccc(C(N)=O)cc1)N=C1C2C(=O)N(C)C(=O)N1C. The number of rotatable bonds is 2. The highest BCUT2D eigenvalue weighted by Gasteiger charge is 2.52. The minimum Gasteiger partial charge on any atom is -0.366 e. The molecule has 26 heavy (non-hydrogen) atoms. The van der Waals surface area contributed by atoms with Gasteiger partial charge in [0.1, 0.15) is 17.6 Å². The lowest BCUT2D eigenvalue weighted by atomic mass is 10.2. The van der Waals surface area contributed by atoms with E-state index in [0.29, 0.717) is 17.3 Å². The number of amidine groups is 1. The van der Waals surface area contributed by atoms with E-state index in [1.165, 1.54) is 11.9 Å². The molecular formula is C17H17N6O3+. The third-order valence-corrected chi connectivity index (χ3v) is 4.74. The average Bonchev–Trinajstić information content (AvgIpc) is 3.12. The third kappa shape index (κ3) is 2.00. The van der Waals surface area contributed by atoms with E-state index in [1.807, 2.05) is 17.7 Å². The summed E-state index contributed by atoms with van der Waals surface area (Å²) in [5.41, 5.74) is 7.34. The van der Waals surface area contributed by atoms with Crippen LogP contribution in [0, 0.1) is 6.92 Å². The molecule has 2 N–H and O–H groups in total. The highest BCUT2D eigenvalue weighted by Crippen LogP contribution is 2.30. The molecule has 4 rings (SSSR count). The van der Waals surface area contributed by atoms with Crippen molar-refractivity contribution in [2.24, 2.45) is 10.7 Å². The molecule has 3 heterocycles. The van der Waals surface area contributed by atoms with Crippen LogP contribution in [-0.2, 0) is 4.79 Å². The number of carbonyl (C=O) groups excluding carboxylic acids is 3. The second-order valence-electron chi connectivity index (χ2n) is 6.34. The number of urea groups is 1. The van der Waals surface area contributed by atoms with Gasteiger partial charge in [-0.05, 0) is 31.2 Å². The van der Waals surface area contributed by atoms with Gasteiger partial charge in [0.25, 0.3) is 5.91 Å². The van der Waals surface area contributed by atoms with Crippen LogP contribution in [0.5, 0.6) is 0 Å². The number of nitrogens with two attached hydrogens (primary N) is 1. The van der Waals surface area contributed by atoms with Gasteiger partial charge in [0.15, 0.2) is 0 Å². The van der Waals surface area contributed by atoms with Crippen LogP contribution >= 0.6 is 0 Å². The van der Waals surface area contributed by atoms with Crippen LogP contribution < -0.4 is 10.3 Å². The van der Waals surface area contributed by atoms with Crippen molar-refractivity contribution in [3.63, 3.8) is 0 Å². The molecule has 0 bridgehead atoms. The molecule has 0 saturated carbocycles. The number of aliphatic imine (C=N–C) groups is 1. The number of hydrogen-bond acceptors (Lipinski definition) is 4. The van der Waals surface area contributed by atoms with Crippen LogP contribution in [0.1, 0.15) is 22.1 Å². The van der Waals surface area contributed by atoms with Crippen molar-refractivity contribution < 1.29 is 19.0 Å². The zero-order chi connectivity index (χ0) is 18.7. The molecule has 1 unspecified atom stereocenters. The van der Waals surface area contributed by atoms with Crippen molar-refractivity contribution in [3.05, 3.63) is 41.7 Å². The minimum absolute atomic E-state index is 0.322. The van der Waals surface area contributed by atoms with Gasteiger partial charge in [0.05, 0.1) is 0 Å². The van der Waals surface area contributed by atoms with Gasteiger partial charge in [-0.25, -0.2) is 9.36 Å². The Hall–Kier alpha value is -3.49. The molecule has 9 nitrogen and oxygen atoms in total. The summed E-state index contributed by atoms with van der Waals surface area (Å²) < 4.78 is 3.62. The first-order valence-electron chi connectivity index (χ1n) is 7.99. The first kappa shape index (κ1) is 16.0. The molecule has 0 spiro atoms. The van der Waals surface area contributed by atoms with Crippen molar-refractivity contribution in [2.75, 3.05) is 14.1 Å². The van der Waals surface area contributed by atoms with Crippen molar-refractivity contribution >= 4 is 29.6 Å². The van der Waals surface area contributed by atoms with Crippen LogP contribution in [-0.4, -0.2) is 52.1 Å². The van der Waals surface area contributed by atoms with Crippen molar-refractivity contribution in [3.8, 4) is 5.69 Å². The molecule has 1 aromatic heterocycles. The maximum atomic E-state index is 12.6. The summed E-state index contributed by atoms with van der Waals surface area (Å²) in [6.45, 7) is 1.90. The molecule has 4 amide bonds. The van der Waals surface area contributed by atoms with Crippen LogP contribution in [0.25, 0.3) is 5.69 Å². The molecule has 2 aliphatic rings. The summed E-state index contributed by atoms with van der Waals surface area (Å²) >= 11 is 0. The maximum Gasteiger partial charge on any atom is 0.406 e. The molecule has 2 aromatic rings. The fourth-order valence-electron chi connectivity index (χ4n) is 3.36. The van der Waals surface area contributed by atoms with Crippen molar-refractivity contribution in [1.29, 1.82) is 0 Å². The smallest absolute Gasteiger partial charge is 0.366 e. The predicted octanol–water partition coefficient (Wildman–Crippen LogP) is 0.281. The molecule has 2 aliphatic heterocycles. The third-order valence-electron chi connectivity index (χ3n) is 4.74. The Kier molecular flexibility index (Phi) is 3.23. The van der Waals surface area contributed by atoms with Crippen molar-refractivity contribution in [1.82, 2.24) is 14.4 Å². The van der Waals surface area contributed by atoms with E-state index in [2.05, 4.69) is 4.99 Å². The Morgan fingerprint density at radius 3 is 2.42 bits per heavy atom. The number of hydrogen-bond donors (Lipinski definition) is 1.